The van der Waals surface area contributed by atoms with Crippen LogP contribution in [0.2, 0.25) is 0 Å². The molecule has 1 aromatic heterocycles. The predicted octanol–water partition coefficient (Wildman–Crippen LogP) is 2.16. The van der Waals surface area contributed by atoms with Crippen molar-refractivity contribution in [2.75, 3.05) is 39.3 Å². The largest absolute Gasteiger partial charge is 0.491 e. The van der Waals surface area contributed by atoms with Gasteiger partial charge in [0.2, 0.25) is 5.91 Å². The quantitative estimate of drug-likeness (QED) is 0.751. The number of benzene rings is 1. The van der Waals surface area contributed by atoms with Gasteiger partial charge in [0.05, 0.1) is 18.3 Å². The van der Waals surface area contributed by atoms with Gasteiger partial charge in [-0.25, -0.2) is 0 Å². The third-order valence-corrected chi connectivity index (χ3v) is 5.99. The first-order valence-corrected chi connectivity index (χ1v) is 11.0. The topological polar surface area (TPSA) is 70.9 Å². The predicted molar refractivity (Wildman–Crippen MR) is 117 cm³/mol. The van der Waals surface area contributed by atoms with Gasteiger partial charge in [-0.15, -0.1) is 0 Å². The van der Waals surface area contributed by atoms with Crippen LogP contribution < -0.4 is 4.74 Å². The van der Waals surface area contributed by atoms with E-state index in [0.29, 0.717) is 25.3 Å². The van der Waals surface area contributed by atoms with Gasteiger partial charge in [-0.05, 0) is 31.5 Å². The van der Waals surface area contributed by atoms with Crippen LogP contribution in [0.15, 0.2) is 30.6 Å². The van der Waals surface area contributed by atoms with Gasteiger partial charge in [0.1, 0.15) is 12.4 Å². The van der Waals surface area contributed by atoms with Crippen molar-refractivity contribution in [3.63, 3.8) is 0 Å². The Kier molecular flexibility index (Phi) is 6.27. The van der Waals surface area contributed by atoms with Crippen LogP contribution in [0.1, 0.15) is 48.3 Å². The van der Waals surface area contributed by atoms with Crippen molar-refractivity contribution in [3.05, 3.63) is 47.3 Å². The molecule has 1 saturated heterocycles. The van der Waals surface area contributed by atoms with Gasteiger partial charge in [-0.2, -0.15) is 5.10 Å². The Morgan fingerprint density at radius 2 is 1.87 bits per heavy atom. The molecule has 0 aliphatic carbocycles. The second kappa shape index (κ2) is 9.09. The molecule has 0 unspecified atom stereocenters. The molecule has 2 aromatic rings. The van der Waals surface area contributed by atoms with Gasteiger partial charge in [0.15, 0.2) is 0 Å². The Hall–Kier alpha value is -2.87. The lowest BCUT2D eigenvalue weighted by molar-refractivity contribution is -0.130. The lowest BCUT2D eigenvalue weighted by atomic mass is 10.1. The van der Waals surface area contributed by atoms with Crippen molar-refractivity contribution in [3.8, 4) is 5.75 Å². The summed E-state index contributed by atoms with van der Waals surface area (Å²) >= 11 is 0. The van der Waals surface area contributed by atoms with Crippen molar-refractivity contribution in [1.82, 2.24) is 24.5 Å². The molecule has 3 heterocycles. The van der Waals surface area contributed by atoms with E-state index < -0.39 is 0 Å². The number of hydrogen-bond acceptors (Lipinski definition) is 5. The Balaban J connectivity index is 1.44. The van der Waals surface area contributed by atoms with E-state index in [2.05, 4.69) is 22.1 Å². The molecule has 166 valence electrons. The molecule has 8 nitrogen and oxygen atoms in total. The van der Waals surface area contributed by atoms with Crippen LogP contribution in [-0.2, 0) is 17.9 Å². The molecule has 1 aromatic carbocycles. The van der Waals surface area contributed by atoms with Gasteiger partial charge in [0.25, 0.3) is 5.91 Å². The SMILES string of the molecule is CC(=O)N1CCN(Cc2ccc3c(c2)CN(C(=O)c2cnn(C(C)C)c2)CCO3)CC1. The van der Waals surface area contributed by atoms with Crippen molar-refractivity contribution < 1.29 is 14.3 Å². The third-order valence-electron chi connectivity index (χ3n) is 5.99. The molecular formula is C23H31N5O3. The van der Waals surface area contributed by atoms with E-state index in [4.69, 9.17) is 4.74 Å². The zero-order chi connectivity index (χ0) is 22.0. The third kappa shape index (κ3) is 4.90. The van der Waals surface area contributed by atoms with Gasteiger partial charge in [0, 0.05) is 64.0 Å². The van der Waals surface area contributed by atoms with E-state index in [1.807, 2.05) is 35.9 Å². The van der Waals surface area contributed by atoms with Crippen molar-refractivity contribution in [2.45, 2.75) is 39.9 Å². The molecule has 0 radical (unpaired) electrons. The first kappa shape index (κ1) is 21.4. The first-order valence-electron chi connectivity index (χ1n) is 11.0. The average molecular weight is 426 g/mol. The number of rotatable bonds is 4. The maximum absolute atomic E-state index is 13.1. The maximum atomic E-state index is 13.1. The summed E-state index contributed by atoms with van der Waals surface area (Å²) < 4.78 is 7.73. The van der Waals surface area contributed by atoms with Crippen LogP contribution in [0, 0.1) is 0 Å². The van der Waals surface area contributed by atoms with E-state index in [1.54, 1.807) is 17.8 Å². The first-order chi connectivity index (χ1) is 14.9. The van der Waals surface area contributed by atoms with Crippen molar-refractivity contribution >= 4 is 11.8 Å². The molecule has 0 spiro atoms. The zero-order valence-electron chi connectivity index (χ0n) is 18.6. The number of ether oxygens (including phenoxy) is 1. The molecule has 2 amide bonds. The standard InChI is InChI=1S/C23H31N5O3/c1-17(2)28-16-21(13-24-28)23(30)27-10-11-31-22-5-4-19(12-20(22)15-27)14-25-6-8-26(9-7-25)18(3)29/h4-5,12-13,16-17H,6-11,14-15H2,1-3H3. The highest BCUT2D eigenvalue weighted by Gasteiger charge is 2.24. The lowest BCUT2D eigenvalue weighted by Crippen LogP contribution is -2.47. The number of aromatic nitrogens is 2. The fourth-order valence-electron chi connectivity index (χ4n) is 4.11. The minimum Gasteiger partial charge on any atom is -0.491 e. The smallest absolute Gasteiger partial charge is 0.257 e. The van der Waals surface area contributed by atoms with E-state index in [9.17, 15) is 9.59 Å². The van der Waals surface area contributed by atoms with E-state index >= 15 is 0 Å². The maximum Gasteiger partial charge on any atom is 0.257 e. The van der Waals surface area contributed by atoms with Crippen LogP contribution in [0.5, 0.6) is 5.75 Å². The van der Waals surface area contributed by atoms with Gasteiger partial charge >= 0.3 is 0 Å². The number of nitrogens with zero attached hydrogens (tertiary/aromatic N) is 5. The molecule has 0 bridgehead atoms. The van der Waals surface area contributed by atoms with E-state index in [0.717, 1.165) is 44.0 Å². The summed E-state index contributed by atoms with van der Waals surface area (Å²) in [5, 5.41) is 4.30. The summed E-state index contributed by atoms with van der Waals surface area (Å²) in [6.07, 6.45) is 3.46. The fraction of sp³-hybridized carbons (Fsp3) is 0.522. The highest BCUT2D eigenvalue weighted by molar-refractivity contribution is 5.93. The highest BCUT2D eigenvalue weighted by atomic mass is 16.5. The molecule has 2 aliphatic heterocycles. The number of amides is 2. The highest BCUT2D eigenvalue weighted by Crippen LogP contribution is 2.26. The monoisotopic (exact) mass is 425 g/mol. The van der Waals surface area contributed by atoms with Gasteiger partial charge < -0.3 is 14.5 Å². The zero-order valence-corrected chi connectivity index (χ0v) is 18.6. The number of carbonyl (C=O) groups excluding carboxylic acids is 2. The molecule has 4 rings (SSSR count). The molecule has 0 saturated carbocycles. The lowest BCUT2D eigenvalue weighted by Gasteiger charge is -2.34. The summed E-state index contributed by atoms with van der Waals surface area (Å²) in [7, 11) is 0. The number of fused-ring (bicyclic) bond motifs is 1. The van der Waals surface area contributed by atoms with Crippen molar-refractivity contribution in [1.29, 1.82) is 0 Å². The summed E-state index contributed by atoms with van der Waals surface area (Å²) in [4.78, 5) is 30.7. The van der Waals surface area contributed by atoms with E-state index in [1.165, 1.54) is 5.56 Å². The normalized spacial score (nSPS) is 17.3. The van der Waals surface area contributed by atoms with Crippen LogP contribution in [0.25, 0.3) is 0 Å². The molecule has 31 heavy (non-hydrogen) atoms. The summed E-state index contributed by atoms with van der Waals surface area (Å²) in [6.45, 7) is 11.4. The molecular weight excluding hydrogens is 394 g/mol. The Labute approximate surface area is 183 Å². The second-order valence-corrected chi connectivity index (χ2v) is 8.60. The summed E-state index contributed by atoms with van der Waals surface area (Å²) in [5.41, 5.74) is 2.83. The van der Waals surface area contributed by atoms with Gasteiger partial charge in [-0.1, -0.05) is 6.07 Å². The van der Waals surface area contributed by atoms with Crippen LogP contribution in [-0.4, -0.2) is 75.6 Å². The Morgan fingerprint density at radius 3 is 2.55 bits per heavy atom. The van der Waals surface area contributed by atoms with Crippen molar-refractivity contribution in [2.24, 2.45) is 0 Å². The van der Waals surface area contributed by atoms with Crippen LogP contribution in [0.4, 0.5) is 0 Å². The van der Waals surface area contributed by atoms with Crippen LogP contribution >= 0.6 is 0 Å². The molecule has 2 aliphatic rings. The number of hydrogen-bond donors (Lipinski definition) is 0. The number of piperazine rings is 1. The van der Waals surface area contributed by atoms with E-state index in [-0.39, 0.29) is 17.9 Å². The fourth-order valence-corrected chi connectivity index (χ4v) is 4.11. The van der Waals surface area contributed by atoms with Gasteiger partial charge in [-0.3, -0.25) is 19.2 Å². The molecule has 0 N–H and O–H groups in total. The summed E-state index contributed by atoms with van der Waals surface area (Å²) in [6, 6.07) is 6.48. The number of carbonyl (C=O) groups is 2. The Morgan fingerprint density at radius 1 is 1.10 bits per heavy atom. The minimum atomic E-state index is -0.0193. The minimum absolute atomic E-state index is 0.0193. The Bertz CT molecular complexity index is 946. The summed E-state index contributed by atoms with van der Waals surface area (Å²) in [5.74, 6) is 0.970. The molecule has 0 atom stereocenters. The molecule has 1 fully saturated rings. The van der Waals surface area contributed by atoms with Crippen LogP contribution in [0.3, 0.4) is 0 Å². The average Bonchev–Trinajstić information content (AvgIpc) is 3.15. The molecule has 8 heteroatoms. The second-order valence-electron chi connectivity index (χ2n) is 8.60.